The lowest BCUT2D eigenvalue weighted by Crippen LogP contribution is -2.68. The zero-order valence-electron chi connectivity index (χ0n) is 14.0. The molecule has 2 saturated carbocycles. The highest BCUT2D eigenvalue weighted by Gasteiger charge is 2.72. The molecule has 0 radical (unpaired) electrons. The molecule has 0 unspecified atom stereocenters. The van der Waals surface area contributed by atoms with Crippen LogP contribution >= 0.6 is 23.2 Å². The van der Waals surface area contributed by atoms with Gasteiger partial charge in [0.25, 0.3) is 0 Å². The summed E-state index contributed by atoms with van der Waals surface area (Å²) in [4.78, 5) is 25.7. The van der Waals surface area contributed by atoms with Crippen LogP contribution < -0.4 is 0 Å². The second-order valence-electron chi connectivity index (χ2n) is 7.84. The van der Waals surface area contributed by atoms with Crippen LogP contribution in [0.3, 0.4) is 0 Å². The quantitative estimate of drug-likeness (QED) is 0.716. The van der Waals surface area contributed by atoms with Crippen molar-refractivity contribution in [3.05, 3.63) is 35.9 Å². The van der Waals surface area contributed by atoms with Crippen molar-refractivity contribution >= 4 is 35.1 Å². The van der Waals surface area contributed by atoms with Gasteiger partial charge in [0.2, 0.25) is 0 Å². The summed E-state index contributed by atoms with van der Waals surface area (Å²) >= 11 is 12.5. The highest BCUT2D eigenvalue weighted by molar-refractivity contribution is 6.61. The summed E-state index contributed by atoms with van der Waals surface area (Å²) in [5.74, 6) is -0.0485. The highest BCUT2D eigenvalue weighted by atomic mass is 35.5. The number of rotatable bonds is 2. The van der Waals surface area contributed by atoms with E-state index >= 15 is 0 Å². The molecular formula is C19H21Cl2NO3. The van der Waals surface area contributed by atoms with E-state index in [-0.39, 0.29) is 22.7 Å². The predicted molar refractivity (Wildman–Crippen MR) is 95.6 cm³/mol. The second-order valence-corrected chi connectivity index (χ2v) is 9.16. The van der Waals surface area contributed by atoms with Crippen LogP contribution in [-0.2, 0) is 16.1 Å². The molecule has 1 saturated heterocycles. The summed E-state index contributed by atoms with van der Waals surface area (Å²) in [6, 6.07) is 9.68. The average Bonchev–Trinajstić information content (AvgIpc) is 2.59. The summed E-state index contributed by atoms with van der Waals surface area (Å²) < 4.78 is 4.22. The first-order valence-electron chi connectivity index (χ1n) is 8.73. The first-order valence-corrected chi connectivity index (χ1v) is 9.48. The number of amides is 1. The molecule has 1 aliphatic heterocycles. The molecule has 2 aliphatic carbocycles. The van der Waals surface area contributed by atoms with E-state index in [1.54, 1.807) is 4.90 Å². The van der Waals surface area contributed by atoms with E-state index in [0.29, 0.717) is 26.1 Å². The van der Waals surface area contributed by atoms with E-state index in [9.17, 15) is 9.59 Å². The number of nitrogens with zero attached hydrogens (tertiary/aromatic N) is 1. The van der Waals surface area contributed by atoms with Gasteiger partial charge in [-0.15, -0.1) is 0 Å². The Hall–Kier alpha value is -1.26. The van der Waals surface area contributed by atoms with Crippen LogP contribution in [0.15, 0.2) is 30.3 Å². The molecule has 4 nitrogen and oxygen atoms in total. The molecule has 134 valence electrons. The second kappa shape index (κ2) is 5.88. The predicted octanol–water partition coefficient (Wildman–Crippen LogP) is 4.33. The number of halogens is 2. The lowest BCUT2D eigenvalue weighted by Gasteiger charge is -2.66. The van der Waals surface area contributed by atoms with E-state index in [0.717, 1.165) is 31.2 Å². The molecule has 0 atom stereocenters. The molecule has 1 aromatic rings. The summed E-state index contributed by atoms with van der Waals surface area (Å²) in [5, 5.41) is 0. The Morgan fingerprint density at radius 1 is 1.12 bits per heavy atom. The number of ketones is 1. The fourth-order valence-electron chi connectivity index (χ4n) is 4.78. The van der Waals surface area contributed by atoms with E-state index in [1.165, 1.54) is 0 Å². The number of ether oxygens (including phenoxy) is 1. The van der Waals surface area contributed by atoms with Crippen molar-refractivity contribution in [2.75, 3.05) is 13.1 Å². The molecule has 1 amide bonds. The number of carbonyl (C=O) groups is 2. The van der Waals surface area contributed by atoms with Crippen LogP contribution in [0.1, 0.15) is 37.7 Å². The Kier molecular flexibility index (Phi) is 4.04. The third-order valence-corrected chi connectivity index (χ3v) is 7.45. The molecule has 0 N–H and O–H groups in total. The third kappa shape index (κ3) is 2.74. The summed E-state index contributed by atoms with van der Waals surface area (Å²) in [5.41, 5.74) is 0.954. The average molecular weight is 382 g/mol. The number of carbonyl (C=O) groups excluding carboxylic acids is 2. The van der Waals surface area contributed by atoms with E-state index in [1.807, 2.05) is 30.3 Å². The molecule has 0 bridgehead atoms. The molecule has 1 aromatic carbocycles. The van der Waals surface area contributed by atoms with Gasteiger partial charge in [-0.1, -0.05) is 53.5 Å². The van der Waals surface area contributed by atoms with Gasteiger partial charge in [0, 0.05) is 24.9 Å². The van der Waals surface area contributed by atoms with E-state index in [2.05, 4.69) is 0 Å². The zero-order valence-corrected chi connectivity index (χ0v) is 15.5. The molecule has 2 spiro atoms. The SMILES string of the molecule is O=C(OCc1ccccc1)N1CCC2(CC1)CC1(CC(=O)C1(Cl)Cl)C2. The first-order chi connectivity index (χ1) is 11.9. The van der Waals surface area contributed by atoms with E-state index < -0.39 is 4.33 Å². The van der Waals surface area contributed by atoms with Gasteiger partial charge in [-0.3, -0.25) is 4.79 Å². The van der Waals surface area contributed by atoms with Gasteiger partial charge in [0.05, 0.1) is 0 Å². The molecular weight excluding hydrogens is 361 g/mol. The first kappa shape index (κ1) is 17.2. The summed E-state index contributed by atoms with van der Waals surface area (Å²) in [6.07, 6.45) is 3.89. The number of likely N-dealkylation sites (tertiary alicyclic amines) is 1. The number of benzene rings is 1. The van der Waals surface area contributed by atoms with Crippen LogP contribution in [0.2, 0.25) is 0 Å². The van der Waals surface area contributed by atoms with Crippen molar-refractivity contribution in [2.45, 2.75) is 43.0 Å². The fraction of sp³-hybridized carbons (Fsp3) is 0.579. The third-order valence-electron chi connectivity index (χ3n) is 6.23. The van der Waals surface area contributed by atoms with Gasteiger partial charge in [0.1, 0.15) is 6.61 Å². The number of hydrogen-bond acceptors (Lipinski definition) is 3. The van der Waals surface area contributed by atoms with Crippen molar-refractivity contribution in [1.29, 1.82) is 0 Å². The normalized spacial score (nSPS) is 25.4. The fourth-order valence-corrected chi connectivity index (χ4v) is 5.31. The standard InChI is InChI=1S/C19H21Cl2NO3/c20-19(21)15(23)10-18(19)12-17(13-18)6-8-22(9-7-17)16(24)25-11-14-4-2-1-3-5-14/h1-5H,6-13H2. The Bertz CT molecular complexity index is 688. The Labute approximate surface area is 157 Å². The summed E-state index contributed by atoms with van der Waals surface area (Å²) in [7, 11) is 0. The number of hydrogen-bond donors (Lipinski definition) is 0. The van der Waals surface area contributed by atoms with Crippen LogP contribution in [0.25, 0.3) is 0 Å². The van der Waals surface area contributed by atoms with Crippen LogP contribution in [0.5, 0.6) is 0 Å². The maximum atomic E-state index is 12.2. The van der Waals surface area contributed by atoms with Gasteiger partial charge in [-0.05, 0) is 36.7 Å². The van der Waals surface area contributed by atoms with Gasteiger partial charge >= 0.3 is 6.09 Å². The topological polar surface area (TPSA) is 46.6 Å². The van der Waals surface area contributed by atoms with Gasteiger partial charge in [-0.25, -0.2) is 4.79 Å². The number of Topliss-reactive ketones (excluding diaryl/α,β-unsaturated/α-hetero) is 1. The largest absolute Gasteiger partial charge is 0.445 e. The minimum Gasteiger partial charge on any atom is -0.445 e. The molecule has 3 fully saturated rings. The molecule has 4 rings (SSSR count). The van der Waals surface area contributed by atoms with Gasteiger partial charge < -0.3 is 9.64 Å². The molecule has 1 heterocycles. The smallest absolute Gasteiger partial charge is 0.410 e. The highest BCUT2D eigenvalue weighted by Crippen LogP contribution is 2.73. The Balaban J connectivity index is 1.27. The van der Waals surface area contributed by atoms with E-state index in [4.69, 9.17) is 27.9 Å². The van der Waals surface area contributed by atoms with Crippen molar-refractivity contribution < 1.29 is 14.3 Å². The van der Waals surface area contributed by atoms with Crippen LogP contribution in [0.4, 0.5) is 4.79 Å². The molecule has 0 aromatic heterocycles. The number of piperidine rings is 1. The Morgan fingerprint density at radius 2 is 1.76 bits per heavy atom. The minimum absolute atomic E-state index is 0.0485. The van der Waals surface area contributed by atoms with Gasteiger partial charge in [0.15, 0.2) is 10.1 Å². The molecule has 6 heteroatoms. The van der Waals surface area contributed by atoms with Gasteiger partial charge in [-0.2, -0.15) is 0 Å². The lowest BCUT2D eigenvalue weighted by molar-refractivity contribution is -0.161. The number of alkyl halides is 2. The van der Waals surface area contributed by atoms with Crippen LogP contribution in [-0.4, -0.2) is 34.2 Å². The van der Waals surface area contributed by atoms with Crippen molar-refractivity contribution in [3.8, 4) is 0 Å². The lowest BCUT2D eigenvalue weighted by atomic mass is 9.42. The zero-order chi connectivity index (χ0) is 17.7. The van der Waals surface area contributed by atoms with Crippen molar-refractivity contribution in [3.63, 3.8) is 0 Å². The summed E-state index contributed by atoms with van der Waals surface area (Å²) in [6.45, 7) is 1.68. The van der Waals surface area contributed by atoms with Crippen molar-refractivity contribution in [2.24, 2.45) is 10.8 Å². The monoisotopic (exact) mass is 381 g/mol. The van der Waals surface area contributed by atoms with Crippen molar-refractivity contribution in [1.82, 2.24) is 4.90 Å². The molecule has 25 heavy (non-hydrogen) atoms. The maximum Gasteiger partial charge on any atom is 0.410 e. The maximum absolute atomic E-state index is 12.2. The molecule has 3 aliphatic rings. The minimum atomic E-state index is -1.19. The van der Waals surface area contributed by atoms with Crippen LogP contribution in [0, 0.1) is 10.8 Å². The Morgan fingerprint density at radius 3 is 2.32 bits per heavy atom.